The van der Waals surface area contributed by atoms with Crippen LogP contribution in [-0.4, -0.2) is 32.3 Å². The van der Waals surface area contributed by atoms with Gasteiger partial charge in [0, 0.05) is 6.04 Å². The third-order valence-electron chi connectivity index (χ3n) is 4.07. The van der Waals surface area contributed by atoms with Crippen molar-refractivity contribution in [3.63, 3.8) is 0 Å². The Morgan fingerprint density at radius 1 is 1.07 bits per heavy atom. The summed E-state index contributed by atoms with van der Waals surface area (Å²) in [5.41, 5.74) is 7.71. The number of hydrogen-bond acceptors (Lipinski definition) is 5. The number of anilines is 1. The molecule has 0 aromatic heterocycles. The SMILES string of the molecule is CCOc1cc(CC(N)CC)ccc1OCC(=O)Nc1ccccc1OC. The number of nitrogens with one attached hydrogen (secondary N) is 1. The lowest BCUT2D eigenvalue weighted by Crippen LogP contribution is -2.22. The van der Waals surface area contributed by atoms with Gasteiger partial charge in [-0.1, -0.05) is 25.1 Å². The van der Waals surface area contributed by atoms with Gasteiger partial charge in [-0.2, -0.15) is 0 Å². The van der Waals surface area contributed by atoms with Crippen LogP contribution in [0, 0.1) is 0 Å². The largest absolute Gasteiger partial charge is 0.495 e. The second kappa shape index (κ2) is 10.4. The van der Waals surface area contributed by atoms with Gasteiger partial charge in [0.15, 0.2) is 18.1 Å². The molecule has 0 heterocycles. The van der Waals surface area contributed by atoms with E-state index in [1.807, 2.05) is 37.3 Å². The molecule has 0 radical (unpaired) electrons. The van der Waals surface area contributed by atoms with Gasteiger partial charge in [-0.05, 0) is 49.6 Å². The third kappa shape index (κ3) is 6.18. The summed E-state index contributed by atoms with van der Waals surface area (Å²) < 4.78 is 16.6. The number of hydrogen-bond donors (Lipinski definition) is 2. The van der Waals surface area contributed by atoms with Crippen molar-refractivity contribution in [2.45, 2.75) is 32.7 Å². The molecule has 146 valence electrons. The molecule has 0 aliphatic heterocycles. The van der Waals surface area contributed by atoms with E-state index in [-0.39, 0.29) is 18.6 Å². The van der Waals surface area contributed by atoms with E-state index in [1.165, 1.54) is 0 Å². The van der Waals surface area contributed by atoms with Gasteiger partial charge in [0.25, 0.3) is 5.91 Å². The number of rotatable bonds is 10. The fourth-order valence-corrected chi connectivity index (χ4v) is 2.59. The summed E-state index contributed by atoms with van der Waals surface area (Å²) >= 11 is 0. The minimum atomic E-state index is -0.279. The summed E-state index contributed by atoms with van der Waals surface area (Å²) in [4.78, 5) is 12.2. The molecular formula is C21H28N2O4. The predicted octanol–water partition coefficient (Wildman–Crippen LogP) is 3.39. The molecule has 6 nitrogen and oxygen atoms in total. The Morgan fingerprint density at radius 2 is 1.85 bits per heavy atom. The van der Waals surface area contributed by atoms with Crippen LogP contribution in [0.3, 0.4) is 0 Å². The van der Waals surface area contributed by atoms with Crippen LogP contribution in [-0.2, 0) is 11.2 Å². The van der Waals surface area contributed by atoms with E-state index in [0.29, 0.717) is 29.5 Å². The van der Waals surface area contributed by atoms with Crippen molar-refractivity contribution in [2.24, 2.45) is 5.73 Å². The number of ether oxygens (including phenoxy) is 3. The van der Waals surface area contributed by atoms with Crippen molar-refractivity contribution in [1.29, 1.82) is 0 Å². The smallest absolute Gasteiger partial charge is 0.262 e. The van der Waals surface area contributed by atoms with Gasteiger partial charge < -0.3 is 25.3 Å². The van der Waals surface area contributed by atoms with E-state index in [0.717, 1.165) is 18.4 Å². The highest BCUT2D eigenvalue weighted by atomic mass is 16.5. The van der Waals surface area contributed by atoms with Gasteiger partial charge in [0.2, 0.25) is 0 Å². The highest BCUT2D eigenvalue weighted by molar-refractivity contribution is 5.93. The first-order valence-corrected chi connectivity index (χ1v) is 9.14. The molecule has 0 spiro atoms. The second-order valence-electron chi connectivity index (χ2n) is 6.12. The molecule has 27 heavy (non-hydrogen) atoms. The Labute approximate surface area is 160 Å². The van der Waals surface area contributed by atoms with E-state index in [9.17, 15) is 4.79 Å². The molecule has 3 N–H and O–H groups in total. The summed E-state index contributed by atoms with van der Waals surface area (Å²) in [6.07, 6.45) is 1.68. The lowest BCUT2D eigenvalue weighted by atomic mass is 10.0. The summed E-state index contributed by atoms with van der Waals surface area (Å²) in [7, 11) is 1.56. The van der Waals surface area contributed by atoms with Crippen LogP contribution in [0.2, 0.25) is 0 Å². The zero-order valence-electron chi connectivity index (χ0n) is 16.2. The van der Waals surface area contributed by atoms with Crippen molar-refractivity contribution in [3.05, 3.63) is 48.0 Å². The van der Waals surface area contributed by atoms with Crippen molar-refractivity contribution in [2.75, 3.05) is 25.6 Å². The molecule has 0 bridgehead atoms. The summed E-state index contributed by atoms with van der Waals surface area (Å²) in [6.45, 7) is 4.34. The van der Waals surface area contributed by atoms with E-state index in [1.54, 1.807) is 19.2 Å². The third-order valence-corrected chi connectivity index (χ3v) is 4.07. The summed E-state index contributed by atoms with van der Waals surface area (Å²) in [5, 5.41) is 2.78. The quantitative estimate of drug-likeness (QED) is 0.668. The zero-order valence-corrected chi connectivity index (χ0v) is 16.2. The van der Waals surface area contributed by atoms with Gasteiger partial charge in [-0.15, -0.1) is 0 Å². The monoisotopic (exact) mass is 372 g/mol. The van der Waals surface area contributed by atoms with Crippen molar-refractivity contribution in [1.82, 2.24) is 0 Å². The maximum atomic E-state index is 12.2. The van der Waals surface area contributed by atoms with Crippen LogP contribution in [0.1, 0.15) is 25.8 Å². The van der Waals surface area contributed by atoms with E-state index < -0.39 is 0 Å². The number of benzene rings is 2. The fourth-order valence-electron chi connectivity index (χ4n) is 2.59. The maximum absolute atomic E-state index is 12.2. The Kier molecular flexibility index (Phi) is 7.95. The number of para-hydroxylation sites is 2. The Morgan fingerprint density at radius 3 is 2.56 bits per heavy atom. The predicted molar refractivity (Wildman–Crippen MR) is 107 cm³/mol. The molecule has 0 saturated carbocycles. The Balaban J connectivity index is 2.02. The topological polar surface area (TPSA) is 82.8 Å². The zero-order chi connectivity index (χ0) is 19.6. The lowest BCUT2D eigenvalue weighted by molar-refractivity contribution is -0.118. The van der Waals surface area contributed by atoms with Gasteiger partial charge in [-0.3, -0.25) is 4.79 Å². The average Bonchev–Trinajstić information content (AvgIpc) is 2.68. The lowest BCUT2D eigenvalue weighted by Gasteiger charge is -2.15. The minimum absolute atomic E-state index is 0.109. The maximum Gasteiger partial charge on any atom is 0.262 e. The molecule has 6 heteroatoms. The number of nitrogens with two attached hydrogens (primary N) is 1. The Hall–Kier alpha value is -2.73. The van der Waals surface area contributed by atoms with E-state index >= 15 is 0 Å². The molecule has 0 fully saturated rings. The first-order valence-electron chi connectivity index (χ1n) is 9.14. The Bertz CT molecular complexity index is 749. The van der Waals surface area contributed by atoms with Crippen molar-refractivity contribution in [3.8, 4) is 17.2 Å². The normalized spacial score (nSPS) is 11.6. The fraction of sp³-hybridized carbons (Fsp3) is 0.381. The molecular weight excluding hydrogens is 344 g/mol. The number of carbonyl (C=O) groups is 1. The second-order valence-corrected chi connectivity index (χ2v) is 6.12. The highest BCUT2D eigenvalue weighted by Gasteiger charge is 2.12. The van der Waals surface area contributed by atoms with Gasteiger partial charge in [-0.25, -0.2) is 0 Å². The number of methoxy groups -OCH3 is 1. The number of amides is 1. The molecule has 0 aliphatic rings. The average molecular weight is 372 g/mol. The minimum Gasteiger partial charge on any atom is -0.495 e. The molecule has 0 saturated heterocycles. The molecule has 2 aromatic carbocycles. The molecule has 1 atom stereocenters. The van der Waals surface area contributed by atoms with Crippen LogP contribution in [0.5, 0.6) is 17.2 Å². The molecule has 2 rings (SSSR count). The highest BCUT2D eigenvalue weighted by Crippen LogP contribution is 2.29. The van der Waals surface area contributed by atoms with E-state index in [2.05, 4.69) is 12.2 Å². The van der Waals surface area contributed by atoms with Crippen LogP contribution < -0.4 is 25.3 Å². The number of carbonyl (C=O) groups excluding carboxylic acids is 1. The molecule has 2 aromatic rings. The van der Waals surface area contributed by atoms with Crippen molar-refractivity contribution < 1.29 is 19.0 Å². The van der Waals surface area contributed by atoms with Crippen LogP contribution >= 0.6 is 0 Å². The van der Waals surface area contributed by atoms with Crippen LogP contribution in [0.4, 0.5) is 5.69 Å². The molecule has 0 aliphatic carbocycles. The van der Waals surface area contributed by atoms with Crippen LogP contribution in [0.15, 0.2) is 42.5 Å². The van der Waals surface area contributed by atoms with Crippen LogP contribution in [0.25, 0.3) is 0 Å². The van der Waals surface area contributed by atoms with E-state index in [4.69, 9.17) is 19.9 Å². The summed E-state index contributed by atoms with van der Waals surface area (Å²) in [5.74, 6) is 1.46. The summed E-state index contributed by atoms with van der Waals surface area (Å²) in [6, 6.07) is 13.0. The van der Waals surface area contributed by atoms with Gasteiger partial charge in [0.05, 0.1) is 19.4 Å². The first kappa shape index (κ1) is 20.6. The van der Waals surface area contributed by atoms with Gasteiger partial charge >= 0.3 is 0 Å². The molecule has 1 amide bonds. The van der Waals surface area contributed by atoms with Crippen molar-refractivity contribution >= 4 is 11.6 Å². The first-order chi connectivity index (χ1) is 13.1. The molecule has 1 unspecified atom stereocenters. The standard InChI is InChI=1S/C21H28N2O4/c1-4-16(22)12-15-10-11-19(20(13-15)26-5-2)27-14-21(24)23-17-8-6-7-9-18(17)25-3/h6-11,13,16H,4-5,12,14,22H2,1-3H3,(H,23,24). The van der Waals surface area contributed by atoms with Gasteiger partial charge in [0.1, 0.15) is 5.75 Å².